The second kappa shape index (κ2) is 7.07. The second-order valence-electron chi connectivity index (χ2n) is 5.07. The summed E-state index contributed by atoms with van der Waals surface area (Å²) in [7, 11) is 0. The van der Waals surface area contributed by atoms with Crippen molar-refractivity contribution in [1.82, 2.24) is 5.32 Å². The summed E-state index contributed by atoms with van der Waals surface area (Å²) in [6, 6.07) is 3.60. The number of hydrogen-bond donors (Lipinski definition) is 2. The first-order chi connectivity index (χ1) is 8.90. The van der Waals surface area contributed by atoms with E-state index in [1.165, 1.54) is 12.1 Å². The standard InChI is InChI=1S/C14H21F2N3/c1-9(2)7-18-14(17)19-8-10(3)12-5-4-11(15)6-13(12)16/h4-6,9-10H,7-8H2,1-3H3,(H3,17,18,19). The van der Waals surface area contributed by atoms with Crippen LogP contribution in [0.25, 0.3) is 0 Å². The van der Waals surface area contributed by atoms with Gasteiger partial charge >= 0.3 is 0 Å². The van der Waals surface area contributed by atoms with Crippen LogP contribution < -0.4 is 11.1 Å². The molecule has 1 rings (SSSR count). The van der Waals surface area contributed by atoms with E-state index in [4.69, 9.17) is 5.73 Å². The maximum absolute atomic E-state index is 13.5. The maximum atomic E-state index is 13.5. The highest BCUT2D eigenvalue weighted by molar-refractivity contribution is 5.77. The molecule has 1 aromatic carbocycles. The number of aliphatic imine (C=N–C) groups is 1. The van der Waals surface area contributed by atoms with Gasteiger partial charge in [0.2, 0.25) is 0 Å². The van der Waals surface area contributed by atoms with Gasteiger partial charge in [0.05, 0.1) is 0 Å². The number of guanidine groups is 1. The minimum Gasteiger partial charge on any atom is -0.370 e. The molecule has 3 N–H and O–H groups in total. The lowest BCUT2D eigenvalue weighted by Crippen LogP contribution is -2.34. The minimum absolute atomic E-state index is 0.117. The summed E-state index contributed by atoms with van der Waals surface area (Å²) >= 11 is 0. The SMILES string of the molecule is CC(C)CN=C(N)NCC(C)c1ccc(F)cc1F. The van der Waals surface area contributed by atoms with Crippen LogP contribution in [-0.4, -0.2) is 19.0 Å². The third-order valence-electron chi connectivity index (χ3n) is 2.71. The topological polar surface area (TPSA) is 50.4 Å². The van der Waals surface area contributed by atoms with E-state index < -0.39 is 11.6 Å². The molecule has 1 atom stereocenters. The number of nitrogens with one attached hydrogen (secondary N) is 1. The Bertz CT molecular complexity index is 444. The highest BCUT2D eigenvalue weighted by Gasteiger charge is 2.11. The molecule has 0 saturated carbocycles. The smallest absolute Gasteiger partial charge is 0.188 e. The predicted octanol–water partition coefficient (Wildman–Crippen LogP) is 2.63. The minimum atomic E-state index is -0.570. The van der Waals surface area contributed by atoms with Gasteiger partial charge in [-0.1, -0.05) is 26.8 Å². The van der Waals surface area contributed by atoms with Crippen LogP contribution in [0.5, 0.6) is 0 Å². The van der Waals surface area contributed by atoms with Gasteiger partial charge in [-0.3, -0.25) is 4.99 Å². The molecule has 0 aromatic heterocycles. The van der Waals surface area contributed by atoms with Crippen LogP contribution in [-0.2, 0) is 0 Å². The van der Waals surface area contributed by atoms with Crippen LogP contribution in [0.15, 0.2) is 23.2 Å². The molecule has 0 aliphatic heterocycles. The summed E-state index contributed by atoms with van der Waals surface area (Å²) < 4.78 is 26.4. The van der Waals surface area contributed by atoms with E-state index in [-0.39, 0.29) is 5.92 Å². The summed E-state index contributed by atoms with van der Waals surface area (Å²) in [5.41, 5.74) is 6.16. The average Bonchev–Trinajstić information content (AvgIpc) is 2.33. The van der Waals surface area contributed by atoms with Crippen LogP contribution in [0.1, 0.15) is 32.3 Å². The van der Waals surface area contributed by atoms with Crippen LogP contribution in [0.3, 0.4) is 0 Å². The van der Waals surface area contributed by atoms with E-state index in [9.17, 15) is 8.78 Å². The summed E-state index contributed by atoms with van der Waals surface area (Å²) in [4.78, 5) is 4.16. The molecule has 1 aromatic rings. The van der Waals surface area contributed by atoms with E-state index in [1.807, 2.05) is 20.8 Å². The lowest BCUT2D eigenvalue weighted by molar-refractivity contribution is 0.556. The van der Waals surface area contributed by atoms with Crippen LogP contribution in [0, 0.1) is 17.6 Å². The predicted molar refractivity (Wildman–Crippen MR) is 74.1 cm³/mol. The Hall–Kier alpha value is -1.65. The van der Waals surface area contributed by atoms with Gasteiger partial charge in [0.15, 0.2) is 5.96 Å². The van der Waals surface area contributed by atoms with Crippen molar-refractivity contribution in [2.24, 2.45) is 16.6 Å². The number of nitrogens with two attached hydrogens (primary N) is 1. The van der Waals surface area contributed by atoms with Crippen molar-refractivity contribution in [3.05, 3.63) is 35.4 Å². The van der Waals surface area contributed by atoms with Gasteiger partial charge in [0, 0.05) is 25.1 Å². The van der Waals surface area contributed by atoms with Crippen molar-refractivity contribution in [2.75, 3.05) is 13.1 Å². The van der Waals surface area contributed by atoms with Gasteiger partial charge < -0.3 is 11.1 Å². The molecule has 3 nitrogen and oxygen atoms in total. The molecule has 0 fully saturated rings. The molecule has 5 heteroatoms. The highest BCUT2D eigenvalue weighted by atomic mass is 19.1. The first kappa shape index (κ1) is 15.4. The monoisotopic (exact) mass is 269 g/mol. The molecular weight excluding hydrogens is 248 g/mol. The Morgan fingerprint density at radius 1 is 1.32 bits per heavy atom. The molecular formula is C14H21F2N3. The van der Waals surface area contributed by atoms with Gasteiger partial charge in [-0.25, -0.2) is 8.78 Å². The fourth-order valence-corrected chi connectivity index (χ4v) is 1.61. The zero-order chi connectivity index (χ0) is 14.4. The van der Waals surface area contributed by atoms with Gasteiger partial charge in [-0.05, 0) is 17.5 Å². The van der Waals surface area contributed by atoms with Crippen LogP contribution in [0.4, 0.5) is 8.78 Å². The molecule has 19 heavy (non-hydrogen) atoms. The van der Waals surface area contributed by atoms with Gasteiger partial charge in [-0.2, -0.15) is 0 Å². The number of hydrogen-bond acceptors (Lipinski definition) is 1. The van der Waals surface area contributed by atoms with Gasteiger partial charge in [0.1, 0.15) is 11.6 Å². The summed E-state index contributed by atoms with van der Waals surface area (Å²) in [6.45, 7) is 7.05. The first-order valence-corrected chi connectivity index (χ1v) is 6.39. The second-order valence-corrected chi connectivity index (χ2v) is 5.07. The molecule has 0 bridgehead atoms. The Morgan fingerprint density at radius 2 is 2.00 bits per heavy atom. The Morgan fingerprint density at radius 3 is 2.58 bits per heavy atom. The average molecular weight is 269 g/mol. The third kappa shape index (κ3) is 5.24. The lowest BCUT2D eigenvalue weighted by atomic mass is 10.0. The van der Waals surface area contributed by atoms with Crippen molar-refractivity contribution >= 4 is 5.96 Å². The van der Waals surface area contributed by atoms with Crippen LogP contribution >= 0.6 is 0 Å². The lowest BCUT2D eigenvalue weighted by Gasteiger charge is -2.14. The summed E-state index contributed by atoms with van der Waals surface area (Å²) in [5.74, 6) is -0.435. The summed E-state index contributed by atoms with van der Waals surface area (Å²) in [5, 5.41) is 2.95. The molecule has 0 aliphatic carbocycles. The van der Waals surface area contributed by atoms with Crippen molar-refractivity contribution in [2.45, 2.75) is 26.7 Å². The molecule has 0 amide bonds. The number of benzene rings is 1. The van der Waals surface area contributed by atoms with E-state index >= 15 is 0 Å². The fourth-order valence-electron chi connectivity index (χ4n) is 1.61. The van der Waals surface area contributed by atoms with Gasteiger partial charge in [0.25, 0.3) is 0 Å². The molecule has 0 spiro atoms. The quantitative estimate of drug-likeness (QED) is 0.637. The van der Waals surface area contributed by atoms with Crippen molar-refractivity contribution < 1.29 is 8.78 Å². The van der Waals surface area contributed by atoms with Crippen molar-refractivity contribution in [3.63, 3.8) is 0 Å². The van der Waals surface area contributed by atoms with Crippen LogP contribution in [0.2, 0.25) is 0 Å². The molecule has 0 aliphatic rings. The zero-order valence-corrected chi connectivity index (χ0v) is 11.6. The Balaban J connectivity index is 2.55. The largest absolute Gasteiger partial charge is 0.370 e. The maximum Gasteiger partial charge on any atom is 0.188 e. The summed E-state index contributed by atoms with van der Waals surface area (Å²) in [6.07, 6.45) is 0. The Labute approximate surface area is 112 Å². The van der Waals surface area contributed by atoms with Crippen molar-refractivity contribution in [1.29, 1.82) is 0 Å². The normalized spacial score (nSPS) is 13.7. The van der Waals surface area contributed by atoms with Crippen molar-refractivity contribution in [3.8, 4) is 0 Å². The fraction of sp³-hybridized carbons (Fsp3) is 0.500. The molecule has 0 radical (unpaired) electrons. The van der Waals surface area contributed by atoms with E-state index in [0.717, 1.165) is 6.07 Å². The van der Waals surface area contributed by atoms with E-state index in [2.05, 4.69) is 10.3 Å². The van der Waals surface area contributed by atoms with Gasteiger partial charge in [-0.15, -0.1) is 0 Å². The highest BCUT2D eigenvalue weighted by Crippen LogP contribution is 2.18. The molecule has 0 heterocycles. The van der Waals surface area contributed by atoms with E-state index in [1.54, 1.807) is 0 Å². The number of nitrogens with zero attached hydrogens (tertiary/aromatic N) is 1. The first-order valence-electron chi connectivity index (χ1n) is 6.39. The third-order valence-corrected chi connectivity index (χ3v) is 2.71. The number of rotatable bonds is 5. The molecule has 0 saturated heterocycles. The van der Waals surface area contributed by atoms with E-state index in [0.29, 0.717) is 30.5 Å². The number of halogens is 2. The zero-order valence-electron chi connectivity index (χ0n) is 11.6. The Kier molecular flexibility index (Phi) is 5.73. The molecule has 106 valence electrons. The molecule has 1 unspecified atom stereocenters.